The number of allylic oxidation sites excluding steroid dienone is 3. The Morgan fingerprint density at radius 1 is 1.33 bits per heavy atom. The van der Waals surface area contributed by atoms with Gasteiger partial charge in [0.25, 0.3) is 0 Å². The third-order valence-electron chi connectivity index (χ3n) is 1.75. The van der Waals surface area contributed by atoms with Crippen LogP contribution in [0, 0.1) is 5.41 Å². The van der Waals surface area contributed by atoms with Gasteiger partial charge in [0.2, 0.25) is 0 Å². The van der Waals surface area contributed by atoms with Crippen molar-refractivity contribution in [3.05, 3.63) is 22.5 Å². The predicted octanol–water partition coefficient (Wildman–Crippen LogP) is 4.20. The molecule has 66 valence electrons. The zero-order valence-electron chi connectivity index (χ0n) is 7.46. The lowest BCUT2D eigenvalue weighted by molar-refractivity contribution is 0.535. The van der Waals surface area contributed by atoms with Crippen LogP contribution in [0.4, 0.5) is 0 Å². The molecule has 2 heterocycles. The van der Waals surface area contributed by atoms with E-state index in [1.54, 1.807) is 0 Å². The van der Waals surface area contributed by atoms with Gasteiger partial charge >= 0.3 is 0 Å². The molecular formula is C9H12S3. The van der Waals surface area contributed by atoms with Gasteiger partial charge in [-0.25, -0.2) is 0 Å². The molecule has 0 aromatic rings. The van der Waals surface area contributed by atoms with E-state index < -0.39 is 0 Å². The Balaban J connectivity index is 2.23. The first-order chi connectivity index (χ1) is 5.57. The minimum atomic E-state index is 0.337. The van der Waals surface area contributed by atoms with Gasteiger partial charge in [0.05, 0.1) is 0 Å². The van der Waals surface area contributed by atoms with E-state index in [2.05, 4.69) is 38.3 Å². The molecule has 3 heteroatoms. The van der Waals surface area contributed by atoms with Crippen molar-refractivity contribution >= 4 is 35.0 Å². The van der Waals surface area contributed by atoms with Crippen LogP contribution < -0.4 is 0 Å². The second kappa shape index (κ2) is 2.96. The molecule has 0 nitrogen and oxygen atoms in total. The number of hydrogen-bond acceptors (Lipinski definition) is 2. The van der Waals surface area contributed by atoms with Gasteiger partial charge in [-0.15, -0.1) is 0 Å². The first-order valence-corrected chi connectivity index (χ1v) is 7.88. The molecule has 2 aliphatic rings. The van der Waals surface area contributed by atoms with Gasteiger partial charge in [-0.1, -0.05) is 50.9 Å². The molecule has 0 N–H and O–H groups in total. The van der Waals surface area contributed by atoms with E-state index >= 15 is 0 Å². The molecule has 0 saturated carbocycles. The Bertz CT molecular complexity index is 302. The second-order valence-corrected chi connectivity index (χ2v) is 9.60. The minimum absolute atomic E-state index is 0.337. The summed E-state index contributed by atoms with van der Waals surface area (Å²) in [6.45, 7) is 6.85. The third kappa shape index (κ3) is 1.54. The Morgan fingerprint density at radius 3 is 2.67 bits per heavy atom. The highest BCUT2D eigenvalue weighted by Crippen LogP contribution is 2.59. The van der Waals surface area contributed by atoms with Crippen molar-refractivity contribution in [2.24, 2.45) is 5.41 Å². The maximum Gasteiger partial charge on any atom is 0.0199 e. The molecule has 0 aromatic carbocycles. The van der Waals surface area contributed by atoms with E-state index in [-0.39, 0.29) is 0 Å². The van der Waals surface area contributed by atoms with Crippen molar-refractivity contribution in [2.45, 2.75) is 20.8 Å². The highest BCUT2D eigenvalue weighted by Gasteiger charge is 2.25. The Labute approximate surface area is 83.6 Å². The van der Waals surface area contributed by atoms with Gasteiger partial charge in [-0.3, -0.25) is 0 Å². The average Bonchev–Trinajstić information content (AvgIpc) is 2.37. The molecule has 2 aliphatic heterocycles. The second-order valence-electron chi connectivity index (χ2n) is 3.88. The molecule has 0 spiro atoms. The van der Waals surface area contributed by atoms with Gasteiger partial charge in [0, 0.05) is 9.77 Å². The highest BCUT2D eigenvalue weighted by molar-refractivity contribution is 9.17. The summed E-state index contributed by atoms with van der Waals surface area (Å²) in [6.07, 6.45) is 4.61. The molecule has 0 amide bonds. The van der Waals surface area contributed by atoms with Crippen molar-refractivity contribution in [1.82, 2.24) is 0 Å². The van der Waals surface area contributed by atoms with E-state index in [0.29, 0.717) is 14.0 Å². The van der Waals surface area contributed by atoms with Crippen LogP contribution in [0.5, 0.6) is 0 Å². The molecule has 12 heavy (non-hydrogen) atoms. The van der Waals surface area contributed by atoms with Gasteiger partial charge in [0.1, 0.15) is 0 Å². The van der Waals surface area contributed by atoms with Crippen molar-refractivity contribution in [1.29, 1.82) is 0 Å². The summed E-state index contributed by atoms with van der Waals surface area (Å²) in [6, 6.07) is 0. The van der Waals surface area contributed by atoms with Crippen molar-refractivity contribution < 1.29 is 0 Å². The first kappa shape index (κ1) is 8.97. The molecule has 0 aliphatic carbocycles. The lowest BCUT2D eigenvalue weighted by Crippen LogP contribution is -2.05. The van der Waals surface area contributed by atoms with Crippen LogP contribution in [0.1, 0.15) is 20.8 Å². The first-order valence-electron chi connectivity index (χ1n) is 3.93. The predicted molar refractivity (Wildman–Crippen MR) is 64.5 cm³/mol. The summed E-state index contributed by atoms with van der Waals surface area (Å²) in [5.41, 5.74) is 0.337. The van der Waals surface area contributed by atoms with Crippen LogP contribution in [0.3, 0.4) is 0 Å². The Hall–Kier alpha value is 0.400. The average molecular weight is 216 g/mol. The monoisotopic (exact) mass is 216 g/mol. The quantitative estimate of drug-likeness (QED) is 0.440. The zero-order chi connectivity index (χ0) is 8.77. The summed E-state index contributed by atoms with van der Waals surface area (Å²) in [4.78, 5) is 3.06. The molecular weight excluding hydrogens is 204 g/mol. The van der Waals surface area contributed by atoms with Crippen LogP contribution in [0.15, 0.2) is 22.5 Å². The Morgan fingerprint density at radius 2 is 2.08 bits per heavy atom. The molecule has 1 unspecified atom stereocenters. The summed E-state index contributed by atoms with van der Waals surface area (Å²) < 4.78 is 0. The summed E-state index contributed by atoms with van der Waals surface area (Å²) in [7, 11) is 4.40. The van der Waals surface area contributed by atoms with Crippen LogP contribution in [0.25, 0.3) is 0 Å². The fourth-order valence-corrected chi connectivity index (χ4v) is 7.32. The van der Waals surface area contributed by atoms with Crippen molar-refractivity contribution in [3.63, 3.8) is 0 Å². The SMILES string of the molecule is CC(C)(C)C1=CC2=S(SC=C2)S1. The van der Waals surface area contributed by atoms with Crippen LogP contribution in [0.2, 0.25) is 0 Å². The van der Waals surface area contributed by atoms with E-state index in [1.807, 2.05) is 21.6 Å². The smallest absolute Gasteiger partial charge is 0.0199 e. The molecule has 1 atom stereocenters. The summed E-state index contributed by atoms with van der Waals surface area (Å²) in [5, 5.41) is 2.21. The topological polar surface area (TPSA) is 0 Å². The molecule has 0 aromatic heterocycles. The van der Waals surface area contributed by atoms with Gasteiger partial charge in [0.15, 0.2) is 0 Å². The lowest BCUT2D eigenvalue weighted by Gasteiger charge is -2.19. The van der Waals surface area contributed by atoms with Crippen LogP contribution in [-0.4, -0.2) is 4.86 Å². The normalized spacial score (nSPS) is 27.8. The fourth-order valence-electron chi connectivity index (χ4n) is 0.997. The van der Waals surface area contributed by atoms with E-state index in [0.717, 1.165) is 0 Å². The van der Waals surface area contributed by atoms with Gasteiger partial charge < -0.3 is 0 Å². The molecule has 2 rings (SSSR count). The minimum Gasteiger partial charge on any atom is -0.0605 e. The van der Waals surface area contributed by atoms with E-state index in [4.69, 9.17) is 0 Å². The van der Waals surface area contributed by atoms with Gasteiger partial charge in [-0.05, 0) is 23.0 Å². The highest BCUT2D eigenvalue weighted by atomic mass is 33.5. The number of hydrogen-bond donors (Lipinski definition) is 0. The fraction of sp³-hybridized carbons (Fsp3) is 0.444. The van der Waals surface area contributed by atoms with Crippen molar-refractivity contribution in [3.8, 4) is 0 Å². The van der Waals surface area contributed by atoms with Gasteiger partial charge in [-0.2, -0.15) is 0 Å². The van der Waals surface area contributed by atoms with Crippen molar-refractivity contribution in [2.75, 3.05) is 0 Å². The third-order valence-corrected chi connectivity index (χ3v) is 8.19. The maximum absolute atomic E-state index is 2.37. The lowest BCUT2D eigenvalue weighted by atomic mass is 9.95. The maximum atomic E-state index is 2.37. The molecule has 0 saturated heterocycles. The van der Waals surface area contributed by atoms with E-state index in [9.17, 15) is 0 Å². The van der Waals surface area contributed by atoms with E-state index in [1.165, 1.54) is 9.77 Å². The van der Waals surface area contributed by atoms with Crippen LogP contribution >= 0.6 is 30.1 Å². The van der Waals surface area contributed by atoms with Crippen LogP contribution in [-0.2, 0) is 0 Å². The summed E-state index contributed by atoms with van der Waals surface area (Å²) in [5.74, 6) is 0. The zero-order valence-corrected chi connectivity index (χ0v) is 9.91. The summed E-state index contributed by atoms with van der Waals surface area (Å²) >= 11 is 0. The standard InChI is InChI=1S/C9H12S3/c1-9(2,3)8-6-7-4-5-10-12(7)11-8/h4-6H,1-3H3. The molecule has 0 radical (unpaired) electrons. The largest absolute Gasteiger partial charge is 0.0605 e. The Kier molecular flexibility index (Phi) is 2.22. The number of rotatable bonds is 0. The molecule has 0 bridgehead atoms. The molecule has 0 fully saturated rings.